The lowest BCUT2D eigenvalue weighted by Crippen LogP contribution is -2.08. The Morgan fingerprint density at radius 1 is 0.684 bits per heavy atom. The summed E-state index contributed by atoms with van der Waals surface area (Å²) in [6.07, 6.45) is 0. The quantitative estimate of drug-likeness (QED) is 0.641. The van der Waals surface area contributed by atoms with Crippen LogP contribution in [0.2, 0.25) is 0 Å². The first-order valence-electron chi connectivity index (χ1n) is 6.51. The molecule has 3 aromatic carbocycles. The molecular weight excluding hydrogens is 230 g/mol. The van der Waals surface area contributed by atoms with Gasteiger partial charge in [-0.2, -0.15) is 0 Å². The molecule has 94 valence electrons. The highest BCUT2D eigenvalue weighted by molar-refractivity contribution is 5.97. The minimum atomic E-state index is 1.26. The molecule has 0 saturated heterocycles. The van der Waals surface area contributed by atoms with Crippen LogP contribution in [0.4, 0.5) is 5.69 Å². The van der Waals surface area contributed by atoms with Crippen LogP contribution >= 0.6 is 0 Å². The van der Waals surface area contributed by atoms with E-state index in [0.29, 0.717) is 0 Å². The van der Waals surface area contributed by atoms with Crippen LogP contribution in [0.15, 0.2) is 66.7 Å². The molecule has 0 spiro atoms. The molecule has 0 aromatic heterocycles. The summed E-state index contributed by atoms with van der Waals surface area (Å²) in [5.41, 5.74) is 3.79. The molecule has 3 aromatic rings. The summed E-state index contributed by atoms with van der Waals surface area (Å²) in [7, 11) is 4.17. The molecule has 0 atom stereocenters. The van der Waals surface area contributed by atoms with E-state index in [2.05, 4.69) is 85.7 Å². The Morgan fingerprint density at radius 3 is 2.21 bits per heavy atom. The van der Waals surface area contributed by atoms with Crippen LogP contribution in [0.5, 0.6) is 0 Å². The third-order valence-electron chi connectivity index (χ3n) is 3.45. The Morgan fingerprint density at radius 2 is 1.47 bits per heavy atom. The van der Waals surface area contributed by atoms with Crippen molar-refractivity contribution in [3.8, 4) is 11.1 Å². The van der Waals surface area contributed by atoms with Gasteiger partial charge in [-0.1, -0.05) is 54.6 Å². The molecule has 0 saturated carbocycles. The van der Waals surface area contributed by atoms with Crippen molar-refractivity contribution >= 4 is 16.5 Å². The summed E-state index contributed by atoms with van der Waals surface area (Å²) in [5.74, 6) is 0. The van der Waals surface area contributed by atoms with Gasteiger partial charge in [0.1, 0.15) is 0 Å². The van der Waals surface area contributed by atoms with E-state index in [0.717, 1.165) is 0 Å². The van der Waals surface area contributed by atoms with Crippen LogP contribution in [0.1, 0.15) is 0 Å². The normalized spacial score (nSPS) is 10.6. The van der Waals surface area contributed by atoms with Gasteiger partial charge in [0.05, 0.1) is 0 Å². The molecule has 1 heteroatoms. The first-order chi connectivity index (χ1) is 9.25. The molecule has 1 nitrogen and oxygen atoms in total. The van der Waals surface area contributed by atoms with Crippen LogP contribution in [0.25, 0.3) is 21.9 Å². The van der Waals surface area contributed by atoms with Crippen molar-refractivity contribution in [3.63, 3.8) is 0 Å². The zero-order chi connectivity index (χ0) is 13.2. The lowest BCUT2D eigenvalue weighted by molar-refractivity contribution is 1.14. The van der Waals surface area contributed by atoms with Gasteiger partial charge in [0.15, 0.2) is 0 Å². The van der Waals surface area contributed by atoms with Crippen molar-refractivity contribution in [1.29, 1.82) is 0 Å². The Balaban J connectivity index is 2.22. The lowest BCUT2D eigenvalue weighted by atomic mass is 10.00. The van der Waals surface area contributed by atoms with Gasteiger partial charge in [0, 0.05) is 25.2 Å². The second kappa shape index (κ2) is 4.77. The van der Waals surface area contributed by atoms with Gasteiger partial charge < -0.3 is 4.90 Å². The van der Waals surface area contributed by atoms with Gasteiger partial charge in [-0.3, -0.25) is 0 Å². The molecule has 0 radical (unpaired) electrons. The van der Waals surface area contributed by atoms with Crippen LogP contribution in [0.3, 0.4) is 0 Å². The molecule has 0 heterocycles. The number of rotatable bonds is 2. The van der Waals surface area contributed by atoms with Crippen LogP contribution in [0, 0.1) is 0 Å². The fourth-order valence-electron chi connectivity index (χ4n) is 2.46. The molecule has 0 N–H and O–H groups in total. The molecule has 0 aliphatic heterocycles. The maximum atomic E-state index is 2.28. The molecular formula is C18H17N. The maximum Gasteiger partial charge on any atom is 0.0440 e. The van der Waals surface area contributed by atoms with Crippen molar-refractivity contribution in [1.82, 2.24) is 0 Å². The highest BCUT2D eigenvalue weighted by Gasteiger charge is 2.04. The fraction of sp³-hybridized carbons (Fsp3) is 0.111. The number of hydrogen-bond acceptors (Lipinski definition) is 1. The zero-order valence-corrected chi connectivity index (χ0v) is 11.3. The topological polar surface area (TPSA) is 3.24 Å². The molecule has 0 aliphatic carbocycles. The van der Waals surface area contributed by atoms with E-state index >= 15 is 0 Å². The van der Waals surface area contributed by atoms with Crippen LogP contribution in [-0.4, -0.2) is 14.1 Å². The zero-order valence-electron chi connectivity index (χ0n) is 11.3. The van der Waals surface area contributed by atoms with E-state index in [1.165, 1.54) is 27.6 Å². The van der Waals surface area contributed by atoms with Gasteiger partial charge in [0.2, 0.25) is 0 Å². The van der Waals surface area contributed by atoms with Gasteiger partial charge in [-0.15, -0.1) is 0 Å². The number of fused-ring (bicyclic) bond motifs is 1. The van der Waals surface area contributed by atoms with Gasteiger partial charge in [0.25, 0.3) is 0 Å². The second-order valence-electron chi connectivity index (χ2n) is 4.97. The molecule has 3 rings (SSSR count). The van der Waals surface area contributed by atoms with Gasteiger partial charge in [-0.05, 0) is 28.6 Å². The average molecular weight is 247 g/mol. The minimum absolute atomic E-state index is 1.26. The van der Waals surface area contributed by atoms with E-state index in [1.54, 1.807) is 0 Å². The summed E-state index contributed by atoms with van der Waals surface area (Å²) in [5, 5.41) is 2.58. The summed E-state index contributed by atoms with van der Waals surface area (Å²) < 4.78 is 0. The van der Waals surface area contributed by atoms with Crippen molar-refractivity contribution in [2.75, 3.05) is 19.0 Å². The fourth-order valence-corrected chi connectivity index (χ4v) is 2.46. The molecule has 0 bridgehead atoms. The highest BCUT2D eigenvalue weighted by atomic mass is 15.1. The second-order valence-corrected chi connectivity index (χ2v) is 4.97. The third-order valence-corrected chi connectivity index (χ3v) is 3.45. The molecule has 0 unspecified atom stereocenters. The molecule has 0 aliphatic rings. The largest absolute Gasteiger partial charge is 0.377 e. The predicted molar refractivity (Wildman–Crippen MR) is 83.7 cm³/mol. The smallest absolute Gasteiger partial charge is 0.0440 e. The van der Waals surface area contributed by atoms with E-state index in [9.17, 15) is 0 Å². The number of anilines is 1. The standard InChI is InChI=1S/C18H17N/c1-19(2)18-10-6-9-15-11-12-16(13-17(15)18)14-7-4-3-5-8-14/h3-13H,1-2H3. The van der Waals surface area contributed by atoms with E-state index in [-0.39, 0.29) is 0 Å². The average Bonchev–Trinajstić information content (AvgIpc) is 2.47. The first-order valence-corrected chi connectivity index (χ1v) is 6.51. The highest BCUT2D eigenvalue weighted by Crippen LogP contribution is 2.30. The molecule has 19 heavy (non-hydrogen) atoms. The Bertz CT molecular complexity index is 699. The van der Waals surface area contributed by atoms with Crippen LogP contribution < -0.4 is 4.90 Å². The van der Waals surface area contributed by atoms with Gasteiger partial charge >= 0.3 is 0 Å². The number of benzene rings is 3. The van der Waals surface area contributed by atoms with E-state index in [4.69, 9.17) is 0 Å². The minimum Gasteiger partial charge on any atom is -0.377 e. The Hall–Kier alpha value is -2.28. The van der Waals surface area contributed by atoms with Crippen molar-refractivity contribution < 1.29 is 0 Å². The molecule has 0 fully saturated rings. The van der Waals surface area contributed by atoms with Crippen molar-refractivity contribution in [3.05, 3.63) is 66.7 Å². The summed E-state index contributed by atoms with van der Waals surface area (Å²) in [6.45, 7) is 0. The SMILES string of the molecule is CN(C)c1cccc2ccc(-c3ccccc3)cc12. The Kier molecular flexibility index (Phi) is 2.96. The summed E-state index contributed by atoms with van der Waals surface area (Å²) in [6, 6.07) is 23.6. The Labute approximate surface area is 114 Å². The molecule has 0 amide bonds. The monoisotopic (exact) mass is 247 g/mol. The number of hydrogen-bond donors (Lipinski definition) is 0. The number of nitrogens with zero attached hydrogens (tertiary/aromatic N) is 1. The van der Waals surface area contributed by atoms with Crippen molar-refractivity contribution in [2.45, 2.75) is 0 Å². The van der Waals surface area contributed by atoms with Gasteiger partial charge in [-0.25, -0.2) is 0 Å². The van der Waals surface area contributed by atoms with Crippen LogP contribution in [-0.2, 0) is 0 Å². The first kappa shape index (κ1) is 11.8. The maximum absolute atomic E-state index is 2.28. The van der Waals surface area contributed by atoms with E-state index in [1.807, 2.05) is 0 Å². The van der Waals surface area contributed by atoms with Crippen molar-refractivity contribution in [2.24, 2.45) is 0 Å². The van der Waals surface area contributed by atoms with E-state index < -0.39 is 0 Å². The summed E-state index contributed by atoms with van der Waals surface area (Å²) >= 11 is 0. The lowest BCUT2D eigenvalue weighted by Gasteiger charge is -2.16. The summed E-state index contributed by atoms with van der Waals surface area (Å²) in [4.78, 5) is 2.16. The third kappa shape index (κ3) is 2.19. The predicted octanol–water partition coefficient (Wildman–Crippen LogP) is 4.57.